The topological polar surface area (TPSA) is 12.9 Å². The lowest BCUT2D eigenvalue weighted by molar-refractivity contribution is 0.246. The molecule has 1 aliphatic rings. The van der Waals surface area contributed by atoms with Crippen LogP contribution in [0.25, 0.3) is 0 Å². The Hall–Kier alpha value is -0.850. The highest BCUT2D eigenvalue weighted by molar-refractivity contribution is 5.32. The van der Waals surface area contributed by atoms with E-state index in [0.29, 0.717) is 11.3 Å². The van der Waals surface area contributed by atoms with E-state index in [1.54, 1.807) is 0 Å². The summed E-state index contributed by atoms with van der Waals surface area (Å²) in [4.78, 5) is 4.52. The first-order valence-corrected chi connectivity index (χ1v) is 5.97. The van der Waals surface area contributed by atoms with Gasteiger partial charge in [-0.05, 0) is 35.3 Å². The van der Waals surface area contributed by atoms with Gasteiger partial charge in [-0.2, -0.15) is 0 Å². The first-order chi connectivity index (χ1) is 7.04. The third kappa shape index (κ3) is 1.80. The second-order valence-corrected chi connectivity index (χ2v) is 5.76. The summed E-state index contributed by atoms with van der Waals surface area (Å²) in [5.41, 5.74) is 3.19. The van der Waals surface area contributed by atoms with Crippen molar-refractivity contribution in [1.29, 1.82) is 0 Å². The van der Waals surface area contributed by atoms with Crippen LogP contribution in [-0.2, 0) is 6.42 Å². The molecule has 2 atom stereocenters. The summed E-state index contributed by atoms with van der Waals surface area (Å²) in [6, 6.07) is 4.35. The molecule has 0 aromatic carbocycles. The Kier molecular flexibility index (Phi) is 2.57. The molecule has 1 aromatic heterocycles. The molecule has 0 radical (unpaired) electrons. The molecular weight excluding hydrogens is 182 g/mol. The third-order valence-corrected chi connectivity index (χ3v) is 3.64. The summed E-state index contributed by atoms with van der Waals surface area (Å²) < 4.78 is 0. The van der Waals surface area contributed by atoms with Crippen molar-refractivity contribution in [3.05, 3.63) is 29.6 Å². The van der Waals surface area contributed by atoms with E-state index in [1.165, 1.54) is 24.1 Å². The minimum absolute atomic E-state index is 0.356. The lowest BCUT2D eigenvalue weighted by Crippen LogP contribution is -2.22. The van der Waals surface area contributed by atoms with Gasteiger partial charge in [-0.25, -0.2) is 0 Å². The SMILES string of the molecule is CCC1Cc2ncccc2C1C(C)(C)C. The number of fused-ring (bicyclic) bond motifs is 1. The van der Waals surface area contributed by atoms with Crippen molar-refractivity contribution in [2.75, 3.05) is 0 Å². The van der Waals surface area contributed by atoms with Crippen LogP contribution < -0.4 is 0 Å². The smallest absolute Gasteiger partial charge is 0.0441 e. The maximum absolute atomic E-state index is 4.52. The Labute approximate surface area is 92.9 Å². The number of hydrogen-bond acceptors (Lipinski definition) is 1. The van der Waals surface area contributed by atoms with Crippen LogP contribution in [0.3, 0.4) is 0 Å². The predicted molar refractivity (Wildman–Crippen MR) is 63.9 cm³/mol. The average Bonchev–Trinajstić information content (AvgIpc) is 2.54. The van der Waals surface area contributed by atoms with Gasteiger partial charge in [0.1, 0.15) is 0 Å². The number of nitrogens with zero attached hydrogens (tertiary/aromatic N) is 1. The molecule has 1 aliphatic carbocycles. The maximum Gasteiger partial charge on any atom is 0.0441 e. The molecule has 1 nitrogen and oxygen atoms in total. The van der Waals surface area contributed by atoms with E-state index in [4.69, 9.17) is 0 Å². The van der Waals surface area contributed by atoms with Gasteiger partial charge in [0.2, 0.25) is 0 Å². The number of aromatic nitrogens is 1. The molecule has 0 aliphatic heterocycles. The highest BCUT2D eigenvalue weighted by atomic mass is 14.7. The van der Waals surface area contributed by atoms with Crippen LogP contribution in [0, 0.1) is 11.3 Å². The van der Waals surface area contributed by atoms with E-state index in [2.05, 4.69) is 44.8 Å². The first kappa shape index (κ1) is 10.7. The molecule has 1 heteroatoms. The molecule has 15 heavy (non-hydrogen) atoms. The van der Waals surface area contributed by atoms with Crippen molar-refractivity contribution >= 4 is 0 Å². The molecule has 2 rings (SSSR count). The van der Waals surface area contributed by atoms with E-state index >= 15 is 0 Å². The fourth-order valence-electron chi connectivity index (χ4n) is 3.08. The van der Waals surface area contributed by atoms with E-state index in [0.717, 1.165) is 5.92 Å². The Balaban J connectivity index is 2.43. The fraction of sp³-hybridized carbons (Fsp3) is 0.643. The lowest BCUT2D eigenvalue weighted by Gasteiger charge is -2.32. The van der Waals surface area contributed by atoms with Gasteiger partial charge in [0.15, 0.2) is 0 Å². The van der Waals surface area contributed by atoms with Gasteiger partial charge in [-0.15, -0.1) is 0 Å². The highest BCUT2D eigenvalue weighted by Gasteiger charge is 2.39. The summed E-state index contributed by atoms with van der Waals surface area (Å²) >= 11 is 0. The van der Waals surface area contributed by atoms with Crippen LogP contribution in [0.15, 0.2) is 18.3 Å². The molecule has 0 fully saturated rings. The molecular formula is C14H21N. The minimum atomic E-state index is 0.356. The standard InChI is InChI=1S/C14H21N/c1-5-10-9-12-11(7-6-8-15-12)13(10)14(2,3)4/h6-8,10,13H,5,9H2,1-4H3. The van der Waals surface area contributed by atoms with E-state index in [9.17, 15) is 0 Å². The molecule has 1 heterocycles. The monoisotopic (exact) mass is 203 g/mol. The van der Waals surface area contributed by atoms with Crippen molar-refractivity contribution in [3.8, 4) is 0 Å². The van der Waals surface area contributed by atoms with Gasteiger partial charge in [0.25, 0.3) is 0 Å². The maximum atomic E-state index is 4.52. The Bertz CT molecular complexity index is 349. The Morgan fingerprint density at radius 3 is 2.73 bits per heavy atom. The average molecular weight is 203 g/mol. The second-order valence-electron chi connectivity index (χ2n) is 5.76. The zero-order valence-electron chi connectivity index (χ0n) is 10.2. The lowest BCUT2D eigenvalue weighted by atomic mass is 9.72. The summed E-state index contributed by atoms with van der Waals surface area (Å²) in [5.74, 6) is 1.47. The number of hydrogen-bond donors (Lipinski definition) is 0. The summed E-state index contributed by atoms with van der Waals surface area (Å²) in [6.45, 7) is 9.35. The summed E-state index contributed by atoms with van der Waals surface area (Å²) in [5, 5.41) is 0. The summed E-state index contributed by atoms with van der Waals surface area (Å²) in [7, 11) is 0. The Morgan fingerprint density at radius 1 is 1.40 bits per heavy atom. The number of pyridine rings is 1. The molecule has 0 saturated carbocycles. The van der Waals surface area contributed by atoms with Crippen LogP contribution >= 0.6 is 0 Å². The van der Waals surface area contributed by atoms with Crippen LogP contribution in [0.5, 0.6) is 0 Å². The van der Waals surface area contributed by atoms with Crippen LogP contribution in [0.1, 0.15) is 51.3 Å². The predicted octanol–water partition coefficient (Wildman–Crippen LogP) is 3.79. The quantitative estimate of drug-likeness (QED) is 0.676. The van der Waals surface area contributed by atoms with Crippen LogP contribution in [0.2, 0.25) is 0 Å². The molecule has 0 spiro atoms. The third-order valence-electron chi connectivity index (χ3n) is 3.64. The van der Waals surface area contributed by atoms with Crippen molar-refractivity contribution in [3.63, 3.8) is 0 Å². The molecule has 0 bridgehead atoms. The number of rotatable bonds is 1. The fourth-order valence-corrected chi connectivity index (χ4v) is 3.08. The highest BCUT2D eigenvalue weighted by Crippen LogP contribution is 2.48. The molecule has 1 aromatic rings. The van der Waals surface area contributed by atoms with Gasteiger partial charge >= 0.3 is 0 Å². The van der Waals surface area contributed by atoms with Gasteiger partial charge in [0.05, 0.1) is 0 Å². The van der Waals surface area contributed by atoms with Gasteiger partial charge in [-0.3, -0.25) is 4.98 Å². The van der Waals surface area contributed by atoms with Crippen molar-refractivity contribution in [1.82, 2.24) is 4.98 Å². The van der Waals surface area contributed by atoms with E-state index in [1.807, 2.05) is 6.20 Å². The molecule has 82 valence electrons. The molecule has 2 unspecified atom stereocenters. The molecule has 0 N–H and O–H groups in total. The van der Waals surface area contributed by atoms with Gasteiger partial charge < -0.3 is 0 Å². The van der Waals surface area contributed by atoms with Crippen molar-refractivity contribution in [2.45, 2.75) is 46.5 Å². The van der Waals surface area contributed by atoms with Crippen molar-refractivity contribution < 1.29 is 0 Å². The zero-order chi connectivity index (χ0) is 11.1. The van der Waals surface area contributed by atoms with E-state index in [-0.39, 0.29) is 0 Å². The molecule has 0 saturated heterocycles. The summed E-state index contributed by atoms with van der Waals surface area (Å²) in [6.07, 6.45) is 4.36. The van der Waals surface area contributed by atoms with Crippen molar-refractivity contribution in [2.24, 2.45) is 11.3 Å². The van der Waals surface area contributed by atoms with Gasteiger partial charge in [0, 0.05) is 11.9 Å². The first-order valence-electron chi connectivity index (χ1n) is 5.97. The normalized spacial score (nSPS) is 25.3. The van der Waals surface area contributed by atoms with E-state index < -0.39 is 0 Å². The largest absolute Gasteiger partial charge is 0.261 e. The van der Waals surface area contributed by atoms with Gasteiger partial charge in [-0.1, -0.05) is 40.2 Å². The van der Waals surface area contributed by atoms with Crippen LogP contribution in [0.4, 0.5) is 0 Å². The van der Waals surface area contributed by atoms with Crippen LogP contribution in [-0.4, -0.2) is 4.98 Å². The minimum Gasteiger partial charge on any atom is -0.261 e. The zero-order valence-corrected chi connectivity index (χ0v) is 10.2. The second kappa shape index (κ2) is 3.62. The molecule has 0 amide bonds. The Morgan fingerprint density at radius 2 is 2.13 bits per heavy atom.